The molecule has 0 aliphatic carbocycles. The SMILES string of the molecule is O=S(=O)(Cc1ccc(Cl)c(Cl)c1)Cc1ccc(Cl)s1. The third kappa shape index (κ3) is 4.36. The van der Waals surface area contributed by atoms with Crippen LogP contribution in [0.2, 0.25) is 14.4 Å². The van der Waals surface area contributed by atoms with Crippen molar-refractivity contribution < 1.29 is 8.42 Å². The quantitative estimate of drug-likeness (QED) is 0.787. The van der Waals surface area contributed by atoms with Crippen molar-refractivity contribution >= 4 is 56.0 Å². The number of sulfone groups is 1. The first-order valence-electron chi connectivity index (χ1n) is 5.24. The second-order valence-electron chi connectivity index (χ2n) is 3.99. The number of hydrogen-bond donors (Lipinski definition) is 0. The second kappa shape index (κ2) is 6.02. The van der Waals surface area contributed by atoms with Crippen molar-refractivity contribution in [3.8, 4) is 0 Å². The van der Waals surface area contributed by atoms with Crippen LogP contribution in [0, 0.1) is 0 Å². The van der Waals surface area contributed by atoms with Gasteiger partial charge in [0.15, 0.2) is 9.84 Å². The van der Waals surface area contributed by atoms with E-state index in [0.717, 1.165) is 4.88 Å². The van der Waals surface area contributed by atoms with Crippen molar-refractivity contribution in [2.75, 3.05) is 0 Å². The van der Waals surface area contributed by atoms with Crippen molar-refractivity contribution in [1.29, 1.82) is 0 Å². The number of halogens is 3. The van der Waals surface area contributed by atoms with Gasteiger partial charge in [-0.15, -0.1) is 11.3 Å². The molecule has 0 spiro atoms. The highest BCUT2D eigenvalue weighted by molar-refractivity contribution is 7.90. The van der Waals surface area contributed by atoms with Gasteiger partial charge in [-0.2, -0.15) is 0 Å². The molecule has 19 heavy (non-hydrogen) atoms. The van der Waals surface area contributed by atoms with Crippen LogP contribution in [0.3, 0.4) is 0 Å². The summed E-state index contributed by atoms with van der Waals surface area (Å²) >= 11 is 18.7. The molecule has 0 aliphatic rings. The van der Waals surface area contributed by atoms with E-state index in [1.807, 2.05) is 0 Å². The van der Waals surface area contributed by atoms with Gasteiger partial charge in [-0.25, -0.2) is 8.42 Å². The molecule has 0 unspecified atom stereocenters. The maximum Gasteiger partial charge on any atom is 0.159 e. The molecule has 0 fully saturated rings. The van der Waals surface area contributed by atoms with Crippen molar-refractivity contribution in [2.24, 2.45) is 0 Å². The molecule has 1 aromatic heterocycles. The van der Waals surface area contributed by atoms with Gasteiger partial charge < -0.3 is 0 Å². The highest BCUT2D eigenvalue weighted by atomic mass is 35.5. The van der Waals surface area contributed by atoms with E-state index in [2.05, 4.69) is 0 Å². The van der Waals surface area contributed by atoms with Crippen LogP contribution in [-0.2, 0) is 21.3 Å². The fraction of sp³-hybridized carbons (Fsp3) is 0.167. The Balaban J connectivity index is 2.14. The van der Waals surface area contributed by atoms with Gasteiger partial charge in [0.2, 0.25) is 0 Å². The third-order valence-corrected chi connectivity index (χ3v) is 6.04. The minimum atomic E-state index is -3.25. The number of hydrogen-bond acceptors (Lipinski definition) is 3. The van der Waals surface area contributed by atoms with E-state index in [4.69, 9.17) is 34.8 Å². The van der Waals surface area contributed by atoms with Gasteiger partial charge in [0.25, 0.3) is 0 Å². The highest BCUT2D eigenvalue weighted by Gasteiger charge is 2.15. The Morgan fingerprint density at radius 2 is 1.68 bits per heavy atom. The van der Waals surface area contributed by atoms with Crippen molar-refractivity contribution in [1.82, 2.24) is 0 Å². The van der Waals surface area contributed by atoms with E-state index in [0.29, 0.717) is 19.9 Å². The van der Waals surface area contributed by atoms with E-state index >= 15 is 0 Å². The lowest BCUT2D eigenvalue weighted by atomic mass is 10.2. The van der Waals surface area contributed by atoms with Crippen LogP contribution in [0.1, 0.15) is 10.4 Å². The summed E-state index contributed by atoms with van der Waals surface area (Å²) in [6, 6.07) is 8.24. The van der Waals surface area contributed by atoms with Crippen LogP contribution < -0.4 is 0 Å². The monoisotopic (exact) mass is 354 g/mol. The van der Waals surface area contributed by atoms with Gasteiger partial charge in [0.1, 0.15) is 0 Å². The molecule has 1 heterocycles. The lowest BCUT2D eigenvalue weighted by molar-refractivity contribution is 0.595. The Morgan fingerprint density at radius 3 is 2.26 bits per heavy atom. The smallest absolute Gasteiger partial charge is 0.159 e. The first kappa shape index (κ1) is 15.1. The fourth-order valence-electron chi connectivity index (χ4n) is 1.58. The maximum atomic E-state index is 12.1. The molecule has 0 radical (unpaired) electrons. The van der Waals surface area contributed by atoms with Gasteiger partial charge in [0.05, 0.1) is 25.9 Å². The van der Waals surface area contributed by atoms with Gasteiger partial charge in [-0.05, 0) is 29.8 Å². The minimum absolute atomic E-state index is 0.0232. The predicted octanol–water partition coefficient (Wildman–Crippen LogP) is 4.82. The summed E-state index contributed by atoms with van der Waals surface area (Å²) in [5, 5.41) is 0.765. The van der Waals surface area contributed by atoms with Crippen molar-refractivity contribution in [3.05, 3.63) is 55.2 Å². The maximum absolute atomic E-state index is 12.1. The van der Waals surface area contributed by atoms with Crippen LogP contribution >= 0.6 is 46.1 Å². The number of rotatable bonds is 4. The average Bonchev–Trinajstić information content (AvgIpc) is 2.68. The van der Waals surface area contributed by atoms with Crippen LogP contribution in [0.25, 0.3) is 0 Å². The summed E-state index contributed by atoms with van der Waals surface area (Å²) in [7, 11) is -3.25. The van der Waals surface area contributed by atoms with Crippen LogP contribution in [0.4, 0.5) is 0 Å². The van der Waals surface area contributed by atoms with E-state index in [9.17, 15) is 8.42 Å². The zero-order valence-electron chi connectivity index (χ0n) is 9.57. The Hall–Kier alpha value is -0.260. The summed E-state index contributed by atoms with van der Waals surface area (Å²) in [5.41, 5.74) is 0.622. The van der Waals surface area contributed by atoms with Crippen LogP contribution in [0.5, 0.6) is 0 Å². The minimum Gasteiger partial charge on any atom is -0.228 e. The molecule has 2 aromatic rings. The molecular formula is C12H9Cl3O2S2. The highest BCUT2D eigenvalue weighted by Crippen LogP contribution is 2.26. The summed E-state index contributed by atoms with van der Waals surface area (Å²) < 4.78 is 24.7. The number of thiophene rings is 1. The van der Waals surface area contributed by atoms with Gasteiger partial charge in [-0.3, -0.25) is 0 Å². The topological polar surface area (TPSA) is 34.1 Å². The van der Waals surface area contributed by atoms with Crippen molar-refractivity contribution in [3.63, 3.8) is 0 Å². The van der Waals surface area contributed by atoms with Gasteiger partial charge >= 0.3 is 0 Å². The third-order valence-electron chi connectivity index (χ3n) is 2.36. The molecule has 0 bridgehead atoms. The van der Waals surface area contributed by atoms with E-state index in [1.54, 1.807) is 30.3 Å². The largest absolute Gasteiger partial charge is 0.228 e. The van der Waals surface area contributed by atoms with Crippen molar-refractivity contribution in [2.45, 2.75) is 11.5 Å². The molecule has 0 N–H and O–H groups in total. The Bertz CT molecular complexity index is 693. The summed E-state index contributed by atoms with van der Waals surface area (Å²) in [6.45, 7) is 0. The summed E-state index contributed by atoms with van der Waals surface area (Å²) in [5.74, 6) is -0.0932. The lowest BCUT2D eigenvalue weighted by Gasteiger charge is -2.04. The molecule has 0 saturated heterocycles. The molecule has 1 aromatic carbocycles. The first-order valence-corrected chi connectivity index (χ1v) is 9.01. The molecular weight excluding hydrogens is 347 g/mol. The fourth-order valence-corrected chi connectivity index (χ4v) is 4.88. The predicted molar refractivity (Wildman–Crippen MR) is 82.1 cm³/mol. The van der Waals surface area contributed by atoms with Gasteiger partial charge in [0, 0.05) is 4.88 Å². The average molecular weight is 356 g/mol. The van der Waals surface area contributed by atoms with Crippen LogP contribution in [-0.4, -0.2) is 8.42 Å². The Labute approximate surface area is 130 Å². The molecule has 0 aliphatic heterocycles. The Kier molecular flexibility index (Phi) is 4.79. The standard InChI is InChI=1S/C12H9Cl3O2S2/c13-10-3-1-8(5-11(10)14)6-19(16,17)7-9-2-4-12(15)18-9/h1-5H,6-7H2. The second-order valence-corrected chi connectivity index (χ2v) is 8.67. The molecule has 0 atom stereocenters. The molecule has 0 amide bonds. The molecule has 7 heteroatoms. The van der Waals surface area contributed by atoms with E-state index < -0.39 is 9.84 Å². The molecule has 2 nitrogen and oxygen atoms in total. The zero-order valence-corrected chi connectivity index (χ0v) is 13.5. The summed E-state index contributed by atoms with van der Waals surface area (Å²) in [4.78, 5) is 0.727. The van der Waals surface area contributed by atoms with Crippen LogP contribution in [0.15, 0.2) is 30.3 Å². The zero-order chi connectivity index (χ0) is 14.0. The van der Waals surface area contributed by atoms with E-state index in [-0.39, 0.29) is 11.5 Å². The summed E-state index contributed by atoms with van der Waals surface area (Å²) in [6.07, 6.45) is 0. The molecule has 102 valence electrons. The molecule has 2 rings (SSSR count). The Morgan fingerprint density at radius 1 is 0.947 bits per heavy atom. The molecule has 0 saturated carbocycles. The van der Waals surface area contributed by atoms with E-state index in [1.165, 1.54) is 11.3 Å². The normalized spacial score (nSPS) is 11.7. The number of benzene rings is 1. The first-order chi connectivity index (χ1) is 8.85. The lowest BCUT2D eigenvalue weighted by Crippen LogP contribution is -2.06. The van der Waals surface area contributed by atoms with Gasteiger partial charge in [-0.1, -0.05) is 40.9 Å².